The fraction of sp³-hybridized carbons (Fsp3) is 0.360. The molecule has 4 rings (SSSR count). The number of ether oxygens (including phenoxy) is 1. The second-order valence-corrected chi connectivity index (χ2v) is 9.58. The summed E-state index contributed by atoms with van der Waals surface area (Å²) in [6.07, 6.45) is 1.98. The summed E-state index contributed by atoms with van der Waals surface area (Å²) in [6, 6.07) is 10.7. The van der Waals surface area contributed by atoms with Crippen LogP contribution in [0, 0.1) is 17.8 Å². The van der Waals surface area contributed by atoms with Crippen molar-refractivity contribution in [3.8, 4) is 5.75 Å². The number of imide groups is 1. The Morgan fingerprint density at radius 1 is 1.00 bits per heavy atom. The predicted octanol–water partition coefficient (Wildman–Crippen LogP) is 4.66. The van der Waals surface area contributed by atoms with Gasteiger partial charge in [0.2, 0.25) is 0 Å². The third-order valence-electron chi connectivity index (χ3n) is 6.49. The predicted molar refractivity (Wildman–Crippen MR) is 127 cm³/mol. The van der Waals surface area contributed by atoms with Crippen molar-refractivity contribution in [2.45, 2.75) is 26.2 Å². The van der Waals surface area contributed by atoms with E-state index in [2.05, 4.69) is 0 Å². The van der Waals surface area contributed by atoms with E-state index in [1.807, 2.05) is 6.92 Å². The normalized spacial score (nSPS) is 21.9. The van der Waals surface area contributed by atoms with Crippen molar-refractivity contribution in [1.29, 1.82) is 0 Å². The van der Waals surface area contributed by atoms with E-state index in [4.69, 9.17) is 27.9 Å². The average Bonchev–Trinajstić information content (AvgIpc) is 3.07. The van der Waals surface area contributed by atoms with Gasteiger partial charge in [-0.1, -0.05) is 42.3 Å². The third kappa shape index (κ3) is 4.55. The van der Waals surface area contributed by atoms with Gasteiger partial charge in [-0.15, -0.1) is 0 Å². The summed E-state index contributed by atoms with van der Waals surface area (Å²) in [6.45, 7) is 1.54. The molecule has 0 unspecified atom stereocenters. The number of rotatable bonds is 6. The van der Waals surface area contributed by atoms with E-state index in [9.17, 15) is 19.2 Å². The Labute approximate surface area is 207 Å². The summed E-state index contributed by atoms with van der Waals surface area (Å²) in [7, 11) is 1.48. The van der Waals surface area contributed by atoms with Gasteiger partial charge < -0.3 is 4.74 Å². The van der Waals surface area contributed by atoms with Crippen LogP contribution in [-0.4, -0.2) is 47.2 Å². The van der Waals surface area contributed by atoms with Gasteiger partial charge in [0, 0.05) is 11.1 Å². The van der Waals surface area contributed by atoms with Crippen LogP contribution in [0.5, 0.6) is 5.75 Å². The van der Waals surface area contributed by atoms with Crippen LogP contribution in [0.25, 0.3) is 0 Å². The van der Waals surface area contributed by atoms with Gasteiger partial charge >= 0.3 is 0 Å². The topological polar surface area (TPSA) is 84.0 Å². The van der Waals surface area contributed by atoms with Crippen LogP contribution >= 0.6 is 23.2 Å². The zero-order chi connectivity index (χ0) is 24.6. The van der Waals surface area contributed by atoms with Crippen LogP contribution in [-0.2, 0) is 9.59 Å². The number of nitrogens with zero attached hydrogens (tertiary/aromatic N) is 2. The van der Waals surface area contributed by atoms with Crippen molar-refractivity contribution in [2.75, 3.05) is 13.7 Å². The number of ketones is 1. The van der Waals surface area contributed by atoms with E-state index in [1.54, 1.807) is 24.3 Å². The molecular weight excluding hydrogens is 479 g/mol. The van der Waals surface area contributed by atoms with E-state index in [-0.39, 0.29) is 21.2 Å². The molecule has 0 radical (unpaired) electrons. The first kappa shape index (κ1) is 24.2. The zero-order valence-corrected chi connectivity index (χ0v) is 20.3. The van der Waals surface area contributed by atoms with Crippen LogP contribution in [0.3, 0.4) is 0 Å². The lowest BCUT2D eigenvalue weighted by Crippen LogP contribution is -2.52. The van der Waals surface area contributed by atoms with E-state index < -0.39 is 41.9 Å². The molecule has 1 saturated heterocycles. The molecule has 2 aliphatic rings. The van der Waals surface area contributed by atoms with Crippen molar-refractivity contribution in [3.63, 3.8) is 0 Å². The van der Waals surface area contributed by atoms with E-state index in [0.717, 1.165) is 16.4 Å². The summed E-state index contributed by atoms with van der Waals surface area (Å²) >= 11 is 12.1. The van der Waals surface area contributed by atoms with Gasteiger partial charge in [0.1, 0.15) is 12.3 Å². The summed E-state index contributed by atoms with van der Waals surface area (Å²) < 4.78 is 5.18. The minimum Gasteiger partial charge on any atom is -0.497 e. The molecule has 1 saturated carbocycles. The van der Waals surface area contributed by atoms with Gasteiger partial charge in [0.25, 0.3) is 17.7 Å². The Morgan fingerprint density at radius 2 is 1.74 bits per heavy atom. The van der Waals surface area contributed by atoms with Crippen molar-refractivity contribution in [3.05, 3.63) is 63.6 Å². The Bertz CT molecular complexity index is 1170. The highest BCUT2D eigenvalue weighted by atomic mass is 35.5. The first-order valence-electron chi connectivity index (χ1n) is 11.0. The molecule has 9 heteroatoms. The average molecular weight is 503 g/mol. The molecular formula is C25H24Cl2N2O5. The molecule has 7 nitrogen and oxygen atoms in total. The number of carbonyl (C=O) groups is 4. The maximum Gasteiger partial charge on any atom is 0.273 e. The van der Waals surface area contributed by atoms with Crippen LogP contribution in [0.1, 0.15) is 46.9 Å². The number of methoxy groups -OCH3 is 1. The van der Waals surface area contributed by atoms with Crippen molar-refractivity contribution in [2.24, 2.45) is 17.8 Å². The van der Waals surface area contributed by atoms with E-state index in [0.29, 0.717) is 24.5 Å². The van der Waals surface area contributed by atoms with E-state index >= 15 is 0 Å². The minimum absolute atomic E-state index is 0.108. The van der Waals surface area contributed by atoms with Gasteiger partial charge in [-0.05, 0) is 55.5 Å². The smallest absolute Gasteiger partial charge is 0.273 e. The third-order valence-corrected chi connectivity index (χ3v) is 7.23. The number of hydrogen-bond donors (Lipinski definition) is 0. The highest BCUT2D eigenvalue weighted by molar-refractivity contribution is 6.42. The molecule has 3 atom stereocenters. The zero-order valence-electron chi connectivity index (χ0n) is 18.8. The number of amides is 3. The molecule has 34 heavy (non-hydrogen) atoms. The largest absolute Gasteiger partial charge is 0.497 e. The van der Waals surface area contributed by atoms with Crippen LogP contribution in [0.4, 0.5) is 0 Å². The molecule has 1 aliphatic carbocycles. The van der Waals surface area contributed by atoms with Crippen molar-refractivity contribution in [1.82, 2.24) is 10.0 Å². The molecule has 1 heterocycles. The van der Waals surface area contributed by atoms with Gasteiger partial charge in [-0.25, -0.2) is 5.01 Å². The Balaban J connectivity index is 1.71. The summed E-state index contributed by atoms with van der Waals surface area (Å²) in [5.74, 6) is -2.24. The second kappa shape index (κ2) is 9.76. The molecule has 3 amide bonds. The molecule has 1 aliphatic heterocycles. The number of hydrogen-bond acceptors (Lipinski definition) is 5. The molecule has 0 aromatic heterocycles. The summed E-state index contributed by atoms with van der Waals surface area (Å²) in [5.41, 5.74) is 0.396. The number of carbonyl (C=O) groups excluding carboxylic acids is 4. The number of fused-ring (bicyclic) bond motifs is 1. The number of benzene rings is 2. The Kier molecular flexibility index (Phi) is 6.96. The quantitative estimate of drug-likeness (QED) is 0.423. The maximum atomic E-state index is 13.5. The molecule has 2 fully saturated rings. The summed E-state index contributed by atoms with van der Waals surface area (Å²) in [4.78, 5) is 53.4. The SMILES string of the molecule is COc1cccc(C(=O)CN(C(=O)c2ccc(Cl)c(Cl)c2)N2C(=O)[C@H]3C[C@H](C)CC[C@H]3C2=O)c1. The van der Waals surface area contributed by atoms with Gasteiger partial charge in [-0.3, -0.25) is 19.2 Å². The van der Waals surface area contributed by atoms with Crippen molar-refractivity contribution >= 4 is 46.7 Å². The van der Waals surface area contributed by atoms with Crippen molar-refractivity contribution < 1.29 is 23.9 Å². The minimum atomic E-state index is -0.691. The second-order valence-electron chi connectivity index (χ2n) is 8.77. The highest BCUT2D eigenvalue weighted by Gasteiger charge is 2.52. The van der Waals surface area contributed by atoms with Gasteiger partial charge in [0.05, 0.1) is 29.0 Å². The summed E-state index contributed by atoms with van der Waals surface area (Å²) in [5, 5.41) is 2.21. The standard InChI is InChI=1S/C25H24Cl2N2O5/c1-14-6-8-18-19(10-14)25(33)29(24(18)32)28(23(31)16-7-9-20(26)21(27)12-16)13-22(30)15-4-3-5-17(11-15)34-2/h3-5,7,9,11-12,14,18-19H,6,8,10,13H2,1-2H3/t14-,18-,19+/m1/s1. The lowest BCUT2D eigenvalue weighted by atomic mass is 9.76. The molecule has 0 N–H and O–H groups in total. The van der Waals surface area contributed by atoms with Gasteiger partial charge in [-0.2, -0.15) is 5.01 Å². The van der Waals surface area contributed by atoms with Crippen LogP contribution in [0.15, 0.2) is 42.5 Å². The highest BCUT2D eigenvalue weighted by Crippen LogP contribution is 2.41. The van der Waals surface area contributed by atoms with Crippen LogP contribution < -0.4 is 4.74 Å². The Morgan fingerprint density at radius 3 is 2.44 bits per heavy atom. The lowest BCUT2D eigenvalue weighted by Gasteiger charge is -2.30. The fourth-order valence-electron chi connectivity index (χ4n) is 4.65. The fourth-order valence-corrected chi connectivity index (χ4v) is 4.94. The molecule has 0 spiro atoms. The monoisotopic (exact) mass is 502 g/mol. The molecule has 178 valence electrons. The van der Waals surface area contributed by atoms with Gasteiger partial charge in [0.15, 0.2) is 5.78 Å². The molecule has 2 aromatic carbocycles. The maximum absolute atomic E-state index is 13.5. The molecule has 2 aromatic rings. The number of Topliss-reactive ketones (excluding diaryl/α,β-unsaturated/α-hetero) is 1. The first-order valence-corrected chi connectivity index (χ1v) is 11.8. The lowest BCUT2D eigenvalue weighted by molar-refractivity contribution is -0.154. The van der Waals surface area contributed by atoms with E-state index in [1.165, 1.54) is 25.3 Å². The first-order chi connectivity index (χ1) is 16.2. The molecule has 0 bridgehead atoms. The number of hydrazine groups is 1. The Hall–Kier alpha value is -2.90. The van der Waals surface area contributed by atoms with Crippen LogP contribution in [0.2, 0.25) is 10.0 Å². The number of halogens is 2.